The van der Waals surface area contributed by atoms with Crippen molar-refractivity contribution in [1.29, 1.82) is 0 Å². The highest BCUT2D eigenvalue weighted by Gasteiger charge is 2.22. The minimum atomic E-state index is -0.353. The van der Waals surface area contributed by atoms with Crippen molar-refractivity contribution >= 4 is 11.7 Å². The molecule has 3 N–H and O–H groups in total. The smallest absolute Gasteiger partial charge is 0.217 e. The molecule has 0 heterocycles. The van der Waals surface area contributed by atoms with Crippen LogP contribution < -0.4 is 5.73 Å². The summed E-state index contributed by atoms with van der Waals surface area (Å²) in [5, 5.41) is 8.11. The largest absolute Gasteiger partial charge is 0.396 e. The Kier molecular flexibility index (Phi) is 9.56. The van der Waals surface area contributed by atoms with Crippen LogP contribution in [-0.2, 0) is 9.59 Å². The number of carbonyl (C=O) groups excluding carboxylic acids is 2. The Bertz CT molecular complexity index is 251. The maximum atomic E-state index is 11.5. The summed E-state index contributed by atoms with van der Waals surface area (Å²) in [5.74, 6) is 0.792. The van der Waals surface area contributed by atoms with Gasteiger partial charge in [-0.15, -0.1) is 0 Å². The molecule has 1 saturated carbocycles. The van der Waals surface area contributed by atoms with Gasteiger partial charge in [0.2, 0.25) is 5.91 Å². The van der Waals surface area contributed by atoms with Crippen LogP contribution in [-0.4, -0.2) is 23.4 Å². The Labute approximate surface area is 111 Å². The van der Waals surface area contributed by atoms with Crippen LogP contribution in [0.1, 0.15) is 60.2 Å². The number of aliphatic hydroxyl groups excluding tert-OH is 1. The summed E-state index contributed by atoms with van der Waals surface area (Å²) in [5.41, 5.74) is 4.73. The Morgan fingerprint density at radius 3 is 2.17 bits per heavy atom. The van der Waals surface area contributed by atoms with Crippen LogP contribution in [0.4, 0.5) is 0 Å². The number of Topliss-reactive ketones (excluding diaryl/α,β-unsaturated/α-hetero) is 1. The summed E-state index contributed by atoms with van der Waals surface area (Å²) < 4.78 is 0. The minimum absolute atomic E-state index is 0. The Hall–Kier alpha value is -0.900. The lowest BCUT2D eigenvalue weighted by atomic mass is 9.83. The predicted molar refractivity (Wildman–Crippen MR) is 74.0 cm³/mol. The summed E-state index contributed by atoms with van der Waals surface area (Å²) in [6, 6.07) is 0. The van der Waals surface area contributed by atoms with E-state index in [1.54, 1.807) is 0 Å². The zero-order valence-corrected chi connectivity index (χ0v) is 11.7. The SMILES string of the molecule is CC(C)C(=O)C1CCCCC1.NC(=O)CCCO.[HH]. The number of hydrogen-bond donors (Lipinski definition) is 2. The number of rotatable bonds is 5. The van der Waals surface area contributed by atoms with Gasteiger partial charge in [0, 0.05) is 26.3 Å². The third-order valence-corrected chi connectivity index (χ3v) is 3.16. The van der Waals surface area contributed by atoms with E-state index in [4.69, 9.17) is 10.8 Å². The second kappa shape index (κ2) is 10.1. The van der Waals surface area contributed by atoms with Crippen molar-refractivity contribution < 1.29 is 16.1 Å². The average molecular weight is 259 g/mol. The molecule has 1 aliphatic rings. The highest BCUT2D eigenvalue weighted by molar-refractivity contribution is 5.82. The van der Waals surface area contributed by atoms with Crippen molar-refractivity contribution in [3.05, 3.63) is 0 Å². The number of hydrogen-bond acceptors (Lipinski definition) is 3. The lowest BCUT2D eigenvalue weighted by Crippen LogP contribution is -2.21. The molecule has 0 atom stereocenters. The normalized spacial score (nSPS) is 16.0. The summed E-state index contributed by atoms with van der Waals surface area (Å²) in [7, 11) is 0. The molecule has 0 radical (unpaired) electrons. The van der Waals surface area contributed by atoms with E-state index in [0.29, 0.717) is 18.1 Å². The molecule has 108 valence electrons. The predicted octanol–water partition coefficient (Wildman–Crippen LogP) is 2.28. The number of carbonyl (C=O) groups is 2. The number of ketones is 1. The summed E-state index contributed by atoms with van der Waals surface area (Å²) in [6.07, 6.45) is 6.94. The lowest BCUT2D eigenvalue weighted by molar-refractivity contribution is -0.126. The summed E-state index contributed by atoms with van der Waals surface area (Å²) in [6.45, 7) is 4.07. The van der Waals surface area contributed by atoms with Crippen LogP contribution in [0.15, 0.2) is 0 Å². The standard InChI is InChI=1S/C10H18O.C4H9NO2.H2/c1-8(2)10(11)9-6-4-3-5-7-9;5-4(7)2-1-3-6;/h8-9H,3-7H2,1-2H3;6H,1-3H2,(H2,5,7);1H. The highest BCUT2D eigenvalue weighted by Crippen LogP contribution is 2.26. The first-order valence-electron chi connectivity index (χ1n) is 6.92. The Morgan fingerprint density at radius 2 is 1.83 bits per heavy atom. The fourth-order valence-corrected chi connectivity index (χ4v) is 2.11. The number of aliphatic hydroxyl groups is 1. The zero-order valence-electron chi connectivity index (χ0n) is 11.7. The molecule has 0 saturated heterocycles. The van der Waals surface area contributed by atoms with Gasteiger partial charge < -0.3 is 10.8 Å². The van der Waals surface area contributed by atoms with Gasteiger partial charge in [-0.05, 0) is 19.3 Å². The van der Waals surface area contributed by atoms with E-state index in [-0.39, 0.29) is 26.3 Å². The second-order valence-electron chi connectivity index (χ2n) is 5.19. The molecule has 0 unspecified atom stereocenters. The van der Waals surface area contributed by atoms with E-state index in [1.807, 2.05) is 13.8 Å². The van der Waals surface area contributed by atoms with Crippen LogP contribution in [0, 0.1) is 11.8 Å². The molecular weight excluding hydrogens is 230 g/mol. The van der Waals surface area contributed by atoms with Crippen LogP contribution in [0.2, 0.25) is 0 Å². The van der Waals surface area contributed by atoms with Gasteiger partial charge >= 0.3 is 0 Å². The molecule has 18 heavy (non-hydrogen) atoms. The van der Waals surface area contributed by atoms with E-state index in [2.05, 4.69) is 0 Å². The van der Waals surface area contributed by atoms with Gasteiger partial charge in [-0.1, -0.05) is 33.1 Å². The van der Waals surface area contributed by atoms with E-state index in [1.165, 1.54) is 19.3 Å². The van der Waals surface area contributed by atoms with Crippen molar-refractivity contribution in [2.24, 2.45) is 17.6 Å². The van der Waals surface area contributed by atoms with Crippen LogP contribution in [0.3, 0.4) is 0 Å². The average Bonchev–Trinajstić information content (AvgIpc) is 2.37. The summed E-state index contributed by atoms with van der Waals surface area (Å²) in [4.78, 5) is 21.4. The van der Waals surface area contributed by atoms with Crippen molar-refractivity contribution in [3.8, 4) is 0 Å². The highest BCUT2D eigenvalue weighted by atomic mass is 16.3. The van der Waals surface area contributed by atoms with Gasteiger partial charge in [-0.2, -0.15) is 0 Å². The van der Waals surface area contributed by atoms with E-state index >= 15 is 0 Å². The summed E-state index contributed by atoms with van der Waals surface area (Å²) >= 11 is 0. The lowest BCUT2D eigenvalue weighted by Gasteiger charge is -2.21. The zero-order chi connectivity index (χ0) is 14.0. The van der Waals surface area contributed by atoms with Crippen LogP contribution in [0.25, 0.3) is 0 Å². The monoisotopic (exact) mass is 259 g/mol. The molecule has 0 aromatic rings. The van der Waals surface area contributed by atoms with E-state index in [9.17, 15) is 9.59 Å². The van der Waals surface area contributed by atoms with Gasteiger partial charge in [0.25, 0.3) is 0 Å². The van der Waals surface area contributed by atoms with Gasteiger partial charge in [0.05, 0.1) is 0 Å². The molecule has 0 bridgehead atoms. The molecule has 1 rings (SSSR count). The molecule has 0 aromatic carbocycles. The van der Waals surface area contributed by atoms with Crippen molar-refractivity contribution in [2.75, 3.05) is 6.61 Å². The maximum absolute atomic E-state index is 11.5. The third kappa shape index (κ3) is 8.23. The van der Waals surface area contributed by atoms with E-state index in [0.717, 1.165) is 12.8 Å². The molecule has 0 aliphatic heterocycles. The molecule has 4 heteroatoms. The van der Waals surface area contributed by atoms with Gasteiger partial charge in [0.15, 0.2) is 0 Å². The van der Waals surface area contributed by atoms with Gasteiger partial charge in [-0.25, -0.2) is 0 Å². The van der Waals surface area contributed by atoms with Crippen LogP contribution in [0.5, 0.6) is 0 Å². The molecule has 0 aromatic heterocycles. The Balaban J connectivity index is 0. The van der Waals surface area contributed by atoms with Crippen molar-refractivity contribution in [2.45, 2.75) is 58.8 Å². The first-order valence-corrected chi connectivity index (χ1v) is 6.92. The molecule has 4 nitrogen and oxygen atoms in total. The second-order valence-corrected chi connectivity index (χ2v) is 5.19. The third-order valence-electron chi connectivity index (χ3n) is 3.16. The molecule has 1 aliphatic carbocycles. The first-order chi connectivity index (χ1) is 8.49. The quantitative estimate of drug-likeness (QED) is 0.794. The van der Waals surface area contributed by atoms with Gasteiger partial charge in [-0.3, -0.25) is 9.59 Å². The molecule has 1 amide bonds. The first kappa shape index (κ1) is 17.1. The topological polar surface area (TPSA) is 80.4 Å². The fraction of sp³-hybridized carbons (Fsp3) is 0.857. The van der Waals surface area contributed by atoms with Crippen molar-refractivity contribution in [1.82, 2.24) is 0 Å². The fourth-order valence-electron chi connectivity index (χ4n) is 2.11. The molecular formula is C14H29NO3. The molecule has 1 fully saturated rings. The minimum Gasteiger partial charge on any atom is -0.396 e. The number of amides is 1. The number of nitrogens with two attached hydrogens (primary N) is 1. The number of primary amides is 1. The molecule has 0 spiro atoms. The van der Waals surface area contributed by atoms with Crippen LogP contribution >= 0.6 is 0 Å². The van der Waals surface area contributed by atoms with E-state index < -0.39 is 0 Å². The van der Waals surface area contributed by atoms with Gasteiger partial charge in [0.1, 0.15) is 5.78 Å². The maximum Gasteiger partial charge on any atom is 0.217 e. The Morgan fingerprint density at radius 1 is 1.28 bits per heavy atom. The van der Waals surface area contributed by atoms with Crippen molar-refractivity contribution in [3.63, 3.8) is 0 Å².